The van der Waals surface area contributed by atoms with Crippen LogP contribution in [0.15, 0.2) is 52.4 Å². The standard InChI is InChI=1S/C20H22FN3O3S/c1-23-13-20(16-11-14(21)3-5-17(16)23)28(25,26)15-4-6-19(27-2)18(12-15)24-9-7-22-8-10-24/h3-6,11-13,22H,7-10H2,1-2H3. The van der Waals surface area contributed by atoms with Crippen molar-refractivity contribution < 1.29 is 17.5 Å². The van der Waals surface area contributed by atoms with E-state index in [0.29, 0.717) is 16.7 Å². The van der Waals surface area contributed by atoms with Crippen molar-refractivity contribution in [3.8, 4) is 5.75 Å². The lowest BCUT2D eigenvalue weighted by Gasteiger charge is -2.30. The number of sulfone groups is 1. The zero-order valence-electron chi connectivity index (χ0n) is 15.8. The monoisotopic (exact) mass is 403 g/mol. The van der Waals surface area contributed by atoms with Crippen molar-refractivity contribution in [3.05, 3.63) is 48.4 Å². The van der Waals surface area contributed by atoms with Crippen molar-refractivity contribution in [1.29, 1.82) is 0 Å². The highest BCUT2D eigenvalue weighted by Gasteiger charge is 2.25. The Morgan fingerprint density at radius 1 is 1.11 bits per heavy atom. The first-order chi connectivity index (χ1) is 13.4. The lowest BCUT2D eigenvalue weighted by molar-refractivity contribution is 0.412. The first-order valence-electron chi connectivity index (χ1n) is 9.05. The zero-order chi connectivity index (χ0) is 19.9. The van der Waals surface area contributed by atoms with Gasteiger partial charge in [0, 0.05) is 50.3 Å². The highest BCUT2D eigenvalue weighted by Crippen LogP contribution is 2.35. The fourth-order valence-corrected chi connectivity index (χ4v) is 5.18. The van der Waals surface area contributed by atoms with E-state index in [0.717, 1.165) is 31.9 Å². The molecule has 0 amide bonds. The van der Waals surface area contributed by atoms with Gasteiger partial charge in [0.15, 0.2) is 0 Å². The van der Waals surface area contributed by atoms with Crippen molar-refractivity contribution in [2.75, 3.05) is 38.2 Å². The van der Waals surface area contributed by atoms with Crippen LogP contribution in [-0.2, 0) is 16.9 Å². The number of nitrogens with one attached hydrogen (secondary N) is 1. The second kappa shape index (κ2) is 7.10. The van der Waals surface area contributed by atoms with Crippen LogP contribution in [0.4, 0.5) is 10.1 Å². The Balaban J connectivity index is 1.85. The summed E-state index contributed by atoms with van der Waals surface area (Å²) < 4.78 is 47.7. The summed E-state index contributed by atoms with van der Waals surface area (Å²) >= 11 is 0. The van der Waals surface area contributed by atoms with Gasteiger partial charge < -0.3 is 19.5 Å². The molecule has 1 aliphatic heterocycles. The summed E-state index contributed by atoms with van der Waals surface area (Å²) in [5.41, 5.74) is 1.41. The number of hydrogen-bond acceptors (Lipinski definition) is 5. The Bertz CT molecular complexity index is 1140. The number of benzene rings is 2. The highest BCUT2D eigenvalue weighted by atomic mass is 32.2. The maximum absolute atomic E-state index is 13.8. The predicted molar refractivity (Wildman–Crippen MR) is 106 cm³/mol. The van der Waals surface area contributed by atoms with Crippen molar-refractivity contribution in [2.24, 2.45) is 7.05 Å². The van der Waals surface area contributed by atoms with Crippen molar-refractivity contribution in [1.82, 2.24) is 9.88 Å². The molecule has 1 N–H and O–H groups in total. The van der Waals surface area contributed by atoms with E-state index >= 15 is 0 Å². The van der Waals surface area contributed by atoms with E-state index in [1.165, 1.54) is 24.4 Å². The summed E-state index contributed by atoms with van der Waals surface area (Å²) in [5, 5.41) is 3.66. The van der Waals surface area contributed by atoms with Gasteiger partial charge >= 0.3 is 0 Å². The SMILES string of the molecule is COc1ccc(S(=O)(=O)c2cn(C)c3ccc(F)cc23)cc1N1CCNCC1. The van der Waals surface area contributed by atoms with Gasteiger partial charge in [0.1, 0.15) is 11.6 Å². The Labute approximate surface area is 163 Å². The third-order valence-corrected chi connectivity index (χ3v) is 6.90. The number of rotatable bonds is 4. The number of halogens is 1. The molecule has 0 unspecified atom stereocenters. The number of aromatic nitrogens is 1. The van der Waals surface area contributed by atoms with Crippen molar-refractivity contribution >= 4 is 26.4 Å². The Hall–Kier alpha value is -2.58. The van der Waals surface area contributed by atoms with Crippen LogP contribution in [0.3, 0.4) is 0 Å². The molecule has 0 bridgehead atoms. The summed E-state index contributed by atoms with van der Waals surface area (Å²) in [7, 11) is -0.511. The van der Waals surface area contributed by atoms with E-state index in [4.69, 9.17) is 4.74 Å². The molecule has 0 aliphatic carbocycles. The molecule has 1 aliphatic rings. The molecule has 2 heterocycles. The highest BCUT2D eigenvalue weighted by molar-refractivity contribution is 7.91. The van der Waals surface area contributed by atoms with E-state index in [9.17, 15) is 12.8 Å². The minimum atomic E-state index is -3.83. The summed E-state index contributed by atoms with van der Waals surface area (Å²) in [6.45, 7) is 3.17. The largest absolute Gasteiger partial charge is 0.495 e. The summed E-state index contributed by atoms with van der Waals surface area (Å²) in [6, 6.07) is 9.05. The molecule has 1 aromatic heterocycles. The van der Waals surface area contributed by atoms with Gasteiger partial charge in [0.05, 0.1) is 22.6 Å². The number of ether oxygens (including phenoxy) is 1. The quantitative estimate of drug-likeness (QED) is 0.726. The molecule has 1 saturated heterocycles. The van der Waals surface area contributed by atoms with Gasteiger partial charge in [-0.2, -0.15) is 0 Å². The van der Waals surface area contributed by atoms with Crippen molar-refractivity contribution in [3.63, 3.8) is 0 Å². The van der Waals surface area contributed by atoms with E-state index in [-0.39, 0.29) is 9.79 Å². The van der Waals surface area contributed by atoms with Crippen LogP contribution in [-0.4, -0.2) is 46.3 Å². The average molecular weight is 403 g/mol. The fraction of sp³-hybridized carbons (Fsp3) is 0.300. The Morgan fingerprint density at radius 2 is 1.86 bits per heavy atom. The number of nitrogens with zero attached hydrogens (tertiary/aromatic N) is 2. The van der Waals surface area contributed by atoms with E-state index in [1.54, 1.807) is 36.9 Å². The molecule has 0 spiro atoms. The van der Waals surface area contributed by atoms with E-state index in [1.807, 2.05) is 0 Å². The second-order valence-corrected chi connectivity index (χ2v) is 8.76. The maximum Gasteiger partial charge on any atom is 0.208 e. The molecule has 0 saturated carbocycles. The molecule has 4 rings (SSSR count). The van der Waals surface area contributed by atoms with Gasteiger partial charge in [-0.3, -0.25) is 0 Å². The molecule has 2 aromatic carbocycles. The molecule has 1 fully saturated rings. The molecule has 8 heteroatoms. The molecule has 28 heavy (non-hydrogen) atoms. The number of hydrogen-bond donors (Lipinski definition) is 1. The topological polar surface area (TPSA) is 63.6 Å². The minimum Gasteiger partial charge on any atom is -0.495 e. The first kappa shape index (κ1) is 18.8. The summed E-state index contributed by atoms with van der Waals surface area (Å²) in [5.74, 6) is 0.163. The van der Waals surface area contributed by atoms with Gasteiger partial charge in [-0.1, -0.05) is 0 Å². The lowest BCUT2D eigenvalue weighted by atomic mass is 10.2. The van der Waals surface area contributed by atoms with Crippen LogP contribution in [0.5, 0.6) is 5.75 Å². The number of methoxy groups -OCH3 is 1. The predicted octanol–water partition coefficient (Wildman–Crippen LogP) is 2.57. The van der Waals surface area contributed by atoms with Crippen LogP contribution in [0.2, 0.25) is 0 Å². The van der Waals surface area contributed by atoms with Crippen molar-refractivity contribution in [2.45, 2.75) is 9.79 Å². The number of fused-ring (bicyclic) bond motifs is 1. The van der Waals surface area contributed by atoms with Gasteiger partial charge in [0.25, 0.3) is 0 Å². The van der Waals surface area contributed by atoms with E-state index in [2.05, 4.69) is 10.2 Å². The molecule has 0 radical (unpaired) electrons. The molecule has 0 atom stereocenters. The van der Waals surface area contributed by atoms with Crippen LogP contribution in [0, 0.1) is 5.82 Å². The van der Waals surface area contributed by atoms with Crippen LogP contribution in [0.25, 0.3) is 10.9 Å². The van der Waals surface area contributed by atoms with Gasteiger partial charge in [-0.25, -0.2) is 12.8 Å². The number of anilines is 1. The third-order valence-electron chi connectivity index (χ3n) is 5.12. The minimum absolute atomic E-state index is 0.0981. The maximum atomic E-state index is 13.8. The van der Waals surface area contributed by atoms with Crippen LogP contribution < -0.4 is 15.0 Å². The molecule has 148 valence electrons. The fourth-order valence-electron chi connectivity index (χ4n) is 3.66. The van der Waals surface area contributed by atoms with Gasteiger partial charge in [-0.05, 0) is 36.4 Å². The molecule has 3 aromatic rings. The number of piperazine rings is 1. The Kier molecular flexibility index (Phi) is 4.76. The van der Waals surface area contributed by atoms with E-state index < -0.39 is 15.7 Å². The second-order valence-electron chi connectivity index (χ2n) is 6.84. The molecular weight excluding hydrogens is 381 g/mol. The van der Waals surface area contributed by atoms with Gasteiger partial charge in [-0.15, -0.1) is 0 Å². The zero-order valence-corrected chi connectivity index (χ0v) is 16.6. The first-order valence-corrected chi connectivity index (χ1v) is 10.5. The smallest absolute Gasteiger partial charge is 0.208 e. The Morgan fingerprint density at radius 3 is 2.57 bits per heavy atom. The lowest BCUT2D eigenvalue weighted by Crippen LogP contribution is -2.43. The average Bonchev–Trinajstić information content (AvgIpc) is 3.04. The molecule has 6 nitrogen and oxygen atoms in total. The molecular formula is C20H22FN3O3S. The van der Waals surface area contributed by atoms with Gasteiger partial charge in [0.2, 0.25) is 9.84 Å². The van der Waals surface area contributed by atoms with Crippen LogP contribution >= 0.6 is 0 Å². The summed E-state index contributed by atoms with van der Waals surface area (Å²) in [4.78, 5) is 2.37. The number of aryl methyl sites for hydroxylation is 1. The van der Waals surface area contributed by atoms with Crippen LogP contribution in [0.1, 0.15) is 0 Å². The normalized spacial score (nSPS) is 15.2. The summed E-state index contributed by atoms with van der Waals surface area (Å²) in [6.07, 6.45) is 1.54. The third kappa shape index (κ3) is 3.12.